The molecule has 1 aliphatic heterocycles. The fourth-order valence-corrected chi connectivity index (χ4v) is 2.46. The molecule has 0 aliphatic carbocycles. The van der Waals surface area contributed by atoms with Crippen molar-refractivity contribution < 1.29 is 0 Å². The molecule has 78 valence electrons. The van der Waals surface area contributed by atoms with Gasteiger partial charge in [-0.3, -0.25) is 0 Å². The van der Waals surface area contributed by atoms with Crippen LogP contribution in [0.25, 0.3) is 0 Å². The summed E-state index contributed by atoms with van der Waals surface area (Å²) in [7, 11) is 0. The van der Waals surface area contributed by atoms with E-state index in [1.54, 1.807) is 0 Å². The molecule has 1 nitrogen and oxygen atoms in total. The predicted molar refractivity (Wildman–Crippen MR) is 58.8 cm³/mol. The van der Waals surface area contributed by atoms with Gasteiger partial charge >= 0.3 is 0 Å². The molecule has 0 amide bonds. The molecule has 0 bridgehead atoms. The third kappa shape index (κ3) is 2.70. The van der Waals surface area contributed by atoms with Crippen molar-refractivity contribution in [2.75, 3.05) is 13.1 Å². The summed E-state index contributed by atoms with van der Waals surface area (Å²) in [5.74, 6) is 2.68. The highest BCUT2D eigenvalue weighted by atomic mass is 15.2. The minimum absolute atomic E-state index is 0.730. The smallest absolute Gasteiger partial charge is 0.00387 e. The lowest BCUT2D eigenvalue weighted by Crippen LogP contribution is -2.44. The molecule has 0 N–H and O–H groups in total. The Hall–Kier alpha value is -0.0400. The number of hydrogen-bond acceptors (Lipinski definition) is 1. The second kappa shape index (κ2) is 4.45. The van der Waals surface area contributed by atoms with Gasteiger partial charge in [0, 0.05) is 12.6 Å². The lowest BCUT2D eigenvalue weighted by Gasteiger charge is -2.41. The van der Waals surface area contributed by atoms with E-state index in [1.807, 2.05) is 0 Å². The minimum Gasteiger partial charge on any atom is -0.301 e. The second-order valence-electron chi connectivity index (χ2n) is 5.26. The van der Waals surface area contributed by atoms with E-state index >= 15 is 0 Å². The summed E-state index contributed by atoms with van der Waals surface area (Å²) in [4.78, 5) is 2.63. The molecule has 1 saturated heterocycles. The molecule has 0 aromatic rings. The largest absolute Gasteiger partial charge is 0.301 e. The van der Waals surface area contributed by atoms with Gasteiger partial charge in [-0.15, -0.1) is 0 Å². The lowest BCUT2D eigenvalue weighted by atomic mass is 9.79. The zero-order chi connectivity index (χ0) is 10.0. The van der Waals surface area contributed by atoms with E-state index < -0.39 is 0 Å². The molecule has 1 heteroatoms. The maximum atomic E-state index is 2.63. The summed E-state index contributed by atoms with van der Waals surface area (Å²) >= 11 is 0. The van der Waals surface area contributed by atoms with Crippen molar-refractivity contribution in [1.29, 1.82) is 0 Å². The highest BCUT2D eigenvalue weighted by Crippen LogP contribution is 2.29. The molecular formula is C12H25N. The van der Waals surface area contributed by atoms with Gasteiger partial charge in [0.2, 0.25) is 0 Å². The normalized spacial score (nSPS) is 31.6. The quantitative estimate of drug-likeness (QED) is 0.636. The Morgan fingerprint density at radius 2 is 1.77 bits per heavy atom. The average Bonchev–Trinajstić information content (AvgIpc) is 2.04. The fraction of sp³-hybridized carbons (Fsp3) is 1.00. The maximum absolute atomic E-state index is 2.63. The number of rotatable bonds is 2. The van der Waals surface area contributed by atoms with E-state index in [-0.39, 0.29) is 0 Å². The first-order chi connectivity index (χ1) is 6.02. The third-order valence-corrected chi connectivity index (χ3v) is 3.63. The van der Waals surface area contributed by atoms with Crippen LogP contribution in [-0.4, -0.2) is 24.0 Å². The second-order valence-corrected chi connectivity index (χ2v) is 5.26. The van der Waals surface area contributed by atoms with E-state index in [2.05, 4.69) is 39.5 Å². The number of piperidine rings is 1. The van der Waals surface area contributed by atoms with Crippen LogP contribution in [-0.2, 0) is 0 Å². The zero-order valence-corrected chi connectivity index (χ0v) is 9.88. The van der Waals surface area contributed by atoms with Gasteiger partial charge in [0.15, 0.2) is 0 Å². The maximum Gasteiger partial charge on any atom is 0.00387 e. The Morgan fingerprint density at radius 1 is 1.15 bits per heavy atom. The van der Waals surface area contributed by atoms with E-state index in [4.69, 9.17) is 0 Å². The van der Waals surface area contributed by atoms with Crippen molar-refractivity contribution in [2.45, 2.75) is 47.1 Å². The summed E-state index contributed by atoms with van der Waals surface area (Å²) in [6.07, 6.45) is 1.39. The van der Waals surface area contributed by atoms with Gasteiger partial charge in [0.1, 0.15) is 0 Å². The van der Waals surface area contributed by atoms with Gasteiger partial charge in [0.05, 0.1) is 0 Å². The van der Waals surface area contributed by atoms with E-state index in [0.717, 1.165) is 23.8 Å². The van der Waals surface area contributed by atoms with E-state index in [1.165, 1.54) is 19.5 Å². The minimum atomic E-state index is 0.730. The topological polar surface area (TPSA) is 3.24 Å². The Labute approximate surface area is 83.5 Å². The molecule has 1 aliphatic rings. The standard InChI is InChI=1S/C12H25N/c1-9(2)12-8-13(10(3)4)7-6-11(12)5/h9-12H,6-8H2,1-5H3/t11-,12?/m0/s1. The molecule has 2 atom stereocenters. The Morgan fingerprint density at radius 3 is 2.23 bits per heavy atom. The number of nitrogens with zero attached hydrogens (tertiary/aromatic N) is 1. The molecule has 0 saturated carbocycles. The highest BCUT2D eigenvalue weighted by molar-refractivity contribution is 4.81. The summed E-state index contributed by atoms with van der Waals surface area (Å²) in [6.45, 7) is 14.4. The van der Waals surface area contributed by atoms with Gasteiger partial charge in [0.25, 0.3) is 0 Å². The number of likely N-dealkylation sites (tertiary alicyclic amines) is 1. The molecule has 1 heterocycles. The first kappa shape index (κ1) is 11.0. The average molecular weight is 183 g/mol. The molecular weight excluding hydrogens is 158 g/mol. The number of hydrogen-bond donors (Lipinski definition) is 0. The van der Waals surface area contributed by atoms with Crippen molar-refractivity contribution in [3.8, 4) is 0 Å². The van der Waals surface area contributed by atoms with Crippen molar-refractivity contribution in [2.24, 2.45) is 17.8 Å². The molecule has 1 rings (SSSR count). The van der Waals surface area contributed by atoms with E-state index in [0.29, 0.717) is 0 Å². The van der Waals surface area contributed by atoms with Crippen LogP contribution in [0, 0.1) is 17.8 Å². The van der Waals surface area contributed by atoms with Crippen molar-refractivity contribution in [3.63, 3.8) is 0 Å². The predicted octanol–water partition coefficient (Wildman–Crippen LogP) is 3.01. The Balaban J connectivity index is 2.53. The molecule has 13 heavy (non-hydrogen) atoms. The van der Waals surface area contributed by atoms with Gasteiger partial charge in [-0.1, -0.05) is 20.8 Å². The Kier molecular flexibility index (Phi) is 3.78. The summed E-state index contributed by atoms with van der Waals surface area (Å²) in [6, 6.07) is 0.730. The molecule has 0 aromatic carbocycles. The molecule has 0 radical (unpaired) electrons. The van der Waals surface area contributed by atoms with Gasteiger partial charge in [-0.2, -0.15) is 0 Å². The first-order valence-corrected chi connectivity index (χ1v) is 5.76. The van der Waals surface area contributed by atoms with Crippen LogP contribution in [0.5, 0.6) is 0 Å². The van der Waals surface area contributed by atoms with Gasteiger partial charge < -0.3 is 4.90 Å². The van der Waals surface area contributed by atoms with Gasteiger partial charge in [-0.25, -0.2) is 0 Å². The molecule has 0 aromatic heterocycles. The fourth-order valence-electron chi connectivity index (χ4n) is 2.46. The van der Waals surface area contributed by atoms with Crippen LogP contribution in [0.3, 0.4) is 0 Å². The van der Waals surface area contributed by atoms with Crippen LogP contribution in [0.15, 0.2) is 0 Å². The zero-order valence-electron chi connectivity index (χ0n) is 9.88. The highest BCUT2D eigenvalue weighted by Gasteiger charge is 2.28. The van der Waals surface area contributed by atoms with Crippen LogP contribution < -0.4 is 0 Å². The van der Waals surface area contributed by atoms with Crippen molar-refractivity contribution in [1.82, 2.24) is 4.90 Å². The monoisotopic (exact) mass is 183 g/mol. The molecule has 0 spiro atoms. The van der Waals surface area contributed by atoms with Gasteiger partial charge in [-0.05, 0) is 44.6 Å². The molecule has 1 unspecified atom stereocenters. The summed E-state index contributed by atoms with van der Waals surface area (Å²) in [5, 5.41) is 0. The van der Waals surface area contributed by atoms with E-state index in [9.17, 15) is 0 Å². The summed E-state index contributed by atoms with van der Waals surface area (Å²) < 4.78 is 0. The van der Waals surface area contributed by atoms with Crippen LogP contribution in [0.1, 0.15) is 41.0 Å². The van der Waals surface area contributed by atoms with Crippen molar-refractivity contribution >= 4 is 0 Å². The SMILES string of the molecule is CC(C)C1CN(C(C)C)CC[C@@H]1C. The van der Waals surface area contributed by atoms with Crippen LogP contribution in [0.4, 0.5) is 0 Å². The Bertz CT molecular complexity index is 151. The summed E-state index contributed by atoms with van der Waals surface area (Å²) in [5.41, 5.74) is 0. The first-order valence-electron chi connectivity index (χ1n) is 5.76. The molecule has 1 fully saturated rings. The van der Waals surface area contributed by atoms with Crippen molar-refractivity contribution in [3.05, 3.63) is 0 Å². The lowest BCUT2D eigenvalue weighted by molar-refractivity contribution is 0.0758. The third-order valence-electron chi connectivity index (χ3n) is 3.63. The van der Waals surface area contributed by atoms with Crippen LogP contribution >= 0.6 is 0 Å². The van der Waals surface area contributed by atoms with Crippen LogP contribution in [0.2, 0.25) is 0 Å².